The van der Waals surface area contributed by atoms with Crippen molar-refractivity contribution in [3.8, 4) is 5.75 Å². The molecule has 2 aromatic rings. The largest absolute Gasteiger partial charge is 0.497 e. The summed E-state index contributed by atoms with van der Waals surface area (Å²) >= 11 is 0. The van der Waals surface area contributed by atoms with Gasteiger partial charge in [-0.05, 0) is 31.0 Å². The van der Waals surface area contributed by atoms with Crippen LogP contribution in [0.3, 0.4) is 0 Å². The molecule has 2 aliphatic rings. The lowest BCUT2D eigenvalue weighted by Crippen LogP contribution is -2.32. The van der Waals surface area contributed by atoms with Crippen LogP contribution in [-0.4, -0.2) is 66.0 Å². The summed E-state index contributed by atoms with van der Waals surface area (Å²) in [6.45, 7) is 3.86. The quantitative estimate of drug-likeness (QED) is 0.905. The molecule has 4 rings (SSSR count). The molecule has 2 saturated heterocycles. The van der Waals surface area contributed by atoms with E-state index in [2.05, 4.69) is 21.9 Å². The van der Waals surface area contributed by atoms with Gasteiger partial charge < -0.3 is 19.5 Å². The van der Waals surface area contributed by atoms with E-state index in [-0.39, 0.29) is 5.91 Å². The predicted octanol–water partition coefficient (Wildman–Crippen LogP) is 1.21. The molecule has 1 N–H and O–H groups in total. The van der Waals surface area contributed by atoms with E-state index in [1.54, 1.807) is 7.11 Å². The number of fused-ring (bicyclic) bond motifs is 2. The zero-order chi connectivity index (χ0) is 15.3. The van der Waals surface area contributed by atoms with Gasteiger partial charge in [0.2, 0.25) is 0 Å². The van der Waals surface area contributed by atoms with Gasteiger partial charge in [0, 0.05) is 32.2 Å². The van der Waals surface area contributed by atoms with E-state index in [4.69, 9.17) is 4.74 Å². The molecule has 3 heterocycles. The summed E-state index contributed by atoms with van der Waals surface area (Å²) in [7, 11) is 3.78. The third kappa shape index (κ3) is 2.14. The molecule has 6 heteroatoms. The Kier molecular flexibility index (Phi) is 3.07. The van der Waals surface area contributed by atoms with Crippen LogP contribution >= 0.6 is 0 Å². The fourth-order valence-corrected chi connectivity index (χ4v) is 3.76. The first-order valence-corrected chi connectivity index (χ1v) is 7.65. The van der Waals surface area contributed by atoms with E-state index in [0.29, 0.717) is 17.7 Å². The number of likely N-dealkylation sites (tertiary alicyclic amines) is 2. The standard InChI is InChI=1S/C16H20N4O2/c1-19-6-10-8-20(9-11(10)7-19)16(21)15-17-13-4-3-12(22-2)5-14(13)18-15/h3-5,10-11H,6-9H2,1-2H3,(H,17,18). The highest BCUT2D eigenvalue weighted by atomic mass is 16.5. The van der Waals surface area contributed by atoms with Crippen molar-refractivity contribution in [2.75, 3.05) is 40.3 Å². The Balaban J connectivity index is 1.56. The Bertz CT molecular complexity index is 712. The fraction of sp³-hybridized carbons (Fsp3) is 0.500. The van der Waals surface area contributed by atoms with Crippen molar-refractivity contribution < 1.29 is 9.53 Å². The van der Waals surface area contributed by atoms with Crippen LogP contribution < -0.4 is 4.74 Å². The summed E-state index contributed by atoms with van der Waals surface area (Å²) in [4.78, 5) is 24.5. The van der Waals surface area contributed by atoms with Crippen molar-refractivity contribution >= 4 is 16.9 Å². The molecule has 1 amide bonds. The van der Waals surface area contributed by atoms with Gasteiger partial charge in [0.15, 0.2) is 5.82 Å². The molecule has 22 heavy (non-hydrogen) atoms. The monoisotopic (exact) mass is 300 g/mol. The second-order valence-electron chi connectivity index (χ2n) is 6.42. The number of aromatic nitrogens is 2. The zero-order valence-corrected chi connectivity index (χ0v) is 12.9. The van der Waals surface area contributed by atoms with Gasteiger partial charge in [0.05, 0.1) is 18.1 Å². The molecule has 2 atom stereocenters. The molecule has 0 bridgehead atoms. The van der Waals surface area contributed by atoms with Crippen molar-refractivity contribution in [3.63, 3.8) is 0 Å². The molecule has 1 aromatic carbocycles. The van der Waals surface area contributed by atoms with Gasteiger partial charge in [0.1, 0.15) is 5.75 Å². The van der Waals surface area contributed by atoms with Crippen molar-refractivity contribution in [2.45, 2.75) is 0 Å². The van der Waals surface area contributed by atoms with Crippen LogP contribution in [0.15, 0.2) is 18.2 Å². The number of nitrogens with one attached hydrogen (secondary N) is 1. The number of hydrogen-bond donors (Lipinski definition) is 1. The first kappa shape index (κ1) is 13.6. The third-order valence-corrected chi connectivity index (χ3v) is 4.85. The Labute approximate surface area is 129 Å². The minimum absolute atomic E-state index is 0.00669. The summed E-state index contributed by atoms with van der Waals surface area (Å²) in [5.74, 6) is 2.41. The summed E-state index contributed by atoms with van der Waals surface area (Å²) < 4.78 is 5.20. The van der Waals surface area contributed by atoms with Gasteiger partial charge in [-0.2, -0.15) is 0 Å². The van der Waals surface area contributed by atoms with Gasteiger partial charge >= 0.3 is 0 Å². The molecule has 2 unspecified atom stereocenters. The zero-order valence-electron chi connectivity index (χ0n) is 12.9. The molecule has 6 nitrogen and oxygen atoms in total. The van der Waals surface area contributed by atoms with Crippen LogP contribution in [0.5, 0.6) is 5.75 Å². The van der Waals surface area contributed by atoms with Gasteiger partial charge in [0.25, 0.3) is 5.91 Å². The third-order valence-electron chi connectivity index (χ3n) is 4.85. The first-order valence-electron chi connectivity index (χ1n) is 7.65. The smallest absolute Gasteiger partial charge is 0.289 e. The highest BCUT2D eigenvalue weighted by Crippen LogP contribution is 2.31. The van der Waals surface area contributed by atoms with E-state index >= 15 is 0 Å². The predicted molar refractivity (Wildman–Crippen MR) is 83.0 cm³/mol. The van der Waals surface area contributed by atoms with Gasteiger partial charge in [-0.1, -0.05) is 0 Å². The molecule has 0 aliphatic carbocycles. The summed E-state index contributed by atoms with van der Waals surface area (Å²) in [6, 6.07) is 5.59. The first-order chi connectivity index (χ1) is 10.6. The lowest BCUT2D eigenvalue weighted by atomic mass is 10.0. The highest BCUT2D eigenvalue weighted by molar-refractivity contribution is 5.94. The van der Waals surface area contributed by atoms with E-state index in [1.807, 2.05) is 23.1 Å². The number of H-pyrrole nitrogens is 1. The maximum Gasteiger partial charge on any atom is 0.289 e. The maximum absolute atomic E-state index is 12.7. The van der Waals surface area contributed by atoms with E-state index < -0.39 is 0 Å². The summed E-state index contributed by atoms with van der Waals surface area (Å²) in [5.41, 5.74) is 1.63. The molecule has 0 radical (unpaired) electrons. The molecule has 116 valence electrons. The molecule has 2 aliphatic heterocycles. The van der Waals surface area contributed by atoms with Crippen LogP contribution in [0.2, 0.25) is 0 Å². The number of rotatable bonds is 2. The van der Waals surface area contributed by atoms with Crippen LogP contribution in [0.1, 0.15) is 10.6 Å². The highest BCUT2D eigenvalue weighted by Gasteiger charge is 2.41. The second-order valence-corrected chi connectivity index (χ2v) is 6.42. The molecule has 1 aromatic heterocycles. The summed E-state index contributed by atoms with van der Waals surface area (Å²) in [5, 5.41) is 0. The normalized spacial score (nSPS) is 24.9. The number of carbonyl (C=O) groups is 1. The average Bonchev–Trinajstić information content (AvgIpc) is 3.17. The topological polar surface area (TPSA) is 61.5 Å². The van der Waals surface area contributed by atoms with E-state index in [1.165, 1.54) is 0 Å². The van der Waals surface area contributed by atoms with Crippen molar-refractivity contribution in [1.29, 1.82) is 0 Å². The number of imidazole rings is 1. The van der Waals surface area contributed by atoms with Crippen LogP contribution in [0.4, 0.5) is 0 Å². The average molecular weight is 300 g/mol. The molecule has 2 fully saturated rings. The minimum atomic E-state index is 0.00669. The van der Waals surface area contributed by atoms with Crippen molar-refractivity contribution in [3.05, 3.63) is 24.0 Å². The Morgan fingerprint density at radius 2 is 2.00 bits per heavy atom. The lowest BCUT2D eigenvalue weighted by molar-refractivity contribution is 0.0765. The van der Waals surface area contributed by atoms with E-state index in [9.17, 15) is 4.79 Å². The number of hydrogen-bond acceptors (Lipinski definition) is 4. The number of benzene rings is 1. The number of ether oxygens (including phenoxy) is 1. The fourth-order valence-electron chi connectivity index (χ4n) is 3.76. The SMILES string of the molecule is COc1ccc2nc(C(=O)N3CC4CN(C)CC4C3)[nH]c2c1. The minimum Gasteiger partial charge on any atom is -0.497 e. The van der Waals surface area contributed by atoms with E-state index in [0.717, 1.165) is 43.0 Å². The Morgan fingerprint density at radius 3 is 2.68 bits per heavy atom. The van der Waals surface area contributed by atoms with Crippen molar-refractivity contribution in [1.82, 2.24) is 19.8 Å². The van der Waals surface area contributed by atoms with Gasteiger partial charge in [-0.25, -0.2) is 4.98 Å². The number of carbonyl (C=O) groups excluding carboxylic acids is 1. The second kappa shape index (κ2) is 4.98. The Morgan fingerprint density at radius 1 is 1.27 bits per heavy atom. The number of amides is 1. The van der Waals surface area contributed by atoms with Crippen LogP contribution in [0.25, 0.3) is 11.0 Å². The number of aromatic amines is 1. The van der Waals surface area contributed by atoms with Crippen LogP contribution in [-0.2, 0) is 0 Å². The lowest BCUT2D eigenvalue weighted by Gasteiger charge is -2.18. The molecule has 0 spiro atoms. The van der Waals surface area contributed by atoms with Crippen LogP contribution in [0, 0.1) is 11.8 Å². The summed E-state index contributed by atoms with van der Waals surface area (Å²) in [6.07, 6.45) is 0. The number of methoxy groups -OCH3 is 1. The molecular weight excluding hydrogens is 280 g/mol. The Hall–Kier alpha value is -2.08. The van der Waals surface area contributed by atoms with Gasteiger partial charge in [-0.15, -0.1) is 0 Å². The maximum atomic E-state index is 12.7. The van der Waals surface area contributed by atoms with Crippen molar-refractivity contribution in [2.24, 2.45) is 11.8 Å². The number of nitrogens with zero attached hydrogens (tertiary/aromatic N) is 3. The molecule has 0 saturated carbocycles. The van der Waals surface area contributed by atoms with Gasteiger partial charge in [-0.3, -0.25) is 4.79 Å². The molecular formula is C16H20N4O2.